The smallest absolute Gasteiger partial charge is 0.316 e. The number of halogens is 1. The lowest BCUT2D eigenvalue weighted by Crippen LogP contribution is -2.36. The first kappa shape index (κ1) is 23.7. The van der Waals surface area contributed by atoms with Gasteiger partial charge >= 0.3 is 11.8 Å². The van der Waals surface area contributed by atoms with Gasteiger partial charge in [-0.1, -0.05) is 17.3 Å². The Kier molecular flexibility index (Phi) is 7.83. The Balaban J connectivity index is 1.40. The van der Waals surface area contributed by atoms with Crippen molar-refractivity contribution < 1.29 is 18.8 Å². The van der Waals surface area contributed by atoms with Gasteiger partial charge in [0.1, 0.15) is 12.3 Å². The van der Waals surface area contributed by atoms with E-state index in [0.29, 0.717) is 18.1 Å². The SMILES string of the molecule is Cc1cccc(OCC(=O)NCCNC(=O)c2nc(Cn3nc(C)c(I)c3C)no2)c1C. The van der Waals surface area contributed by atoms with Crippen molar-refractivity contribution in [2.45, 2.75) is 34.2 Å². The molecular weight excluding hydrogens is 527 g/mol. The van der Waals surface area contributed by atoms with Crippen LogP contribution in [0.2, 0.25) is 0 Å². The van der Waals surface area contributed by atoms with Crippen LogP contribution in [0.5, 0.6) is 5.75 Å². The van der Waals surface area contributed by atoms with Gasteiger partial charge in [-0.3, -0.25) is 14.3 Å². The van der Waals surface area contributed by atoms with E-state index in [4.69, 9.17) is 9.26 Å². The van der Waals surface area contributed by atoms with Crippen LogP contribution in [0.1, 0.15) is 39.0 Å². The van der Waals surface area contributed by atoms with Gasteiger partial charge in [0, 0.05) is 18.8 Å². The predicted molar refractivity (Wildman–Crippen MR) is 125 cm³/mol. The van der Waals surface area contributed by atoms with Crippen LogP contribution in [-0.4, -0.2) is 51.4 Å². The molecule has 11 heteroatoms. The number of aromatic nitrogens is 4. The molecule has 0 unspecified atom stereocenters. The second-order valence-corrected chi connectivity index (χ2v) is 8.33. The molecule has 0 saturated heterocycles. The molecule has 10 nitrogen and oxygen atoms in total. The Labute approximate surface area is 199 Å². The van der Waals surface area contributed by atoms with E-state index in [0.717, 1.165) is 26.1 Å². The van der Waals surface area contributed by atoms with Crippen LogP contribution in [0.25, 0.3) is 0 Å². The van der Waals surface area contributed by atoms with E-state index in [9.17, 15) is 9.59 Å². The number of nitrogens with zero attached hydrogens (tertiary/aromatic N) is 4. The topological polar surface area (TPSA) is 124 Å². The number of nitrogens with one attached hydrogen (secondary N) is 2. The van der Waals surface area contributed by atoms with E-state index in [-0.39, 0.29) is 31.5 Å². The van der Waals surface area contributed by atoms with E-state index in [1.807, 2.05) is 45.9 Å². The number of hydrogen-bond donors (Lipinski definition) is 2. The minimum atomic E-state index is -0.507. The predicted octanol–water partition coefficient (Wildman–Crippen LogP) is 2.08. The van der Waals surface area contributed by atoms with E-state index >= 15 is 0 Å². The highest BCUT2D eigenvalue weighted by Crippen LogP contribution is 2.20. The molecule has 0 atom stereocenters. The summed E-state index contributed by atoms with van der Waals surface area (Å²) in [5, 5.41) is 13.6. The number of hydrogen-bond acceptors (Lipinski definition) is 7. The molecule has 0 saturated carbocycles. The van der Waals surface area contributed by atoms with Gasteiger partial charge in [0.2, 0.25) is 0 Å². The summed E-state index contributed by atoms with van der Waals surface area (Å²) in [7, 11) is 0. The standard InChI is InChI=1S/C21H25IN6O4/c1-12-6-5-7-16(13(12)2)31-11-18(29)23-8-9-24-20(30)21-25-17(27-32-21)10-28-15(4)19(22)14(3)26-28/h5-7H,8-11H2,1-4H3,(H,23,29)(H,24,30). The molecule has 0 bridgehead atoms. The largest absolute Gasteiger partial charge is 0.483 e. The van der Waals surface area contributed by atoms with E-state index in [1.165, 1.54) is 0 Å². The zero-order valence-corrected chi connectivity index (χ0v) is 20.5. The third-order valence-electron chi connectivity index (χ3n) is 4.89. The molecule has 2 N–H and O–H groups in total. The Morgan fingerprint density at radius 2 is 1.91 bits per heavy atom. The van der Waals surface area contributed by atoms with Crippen molar-refractivity contribution in [3.8, 4) is 5.75 Å². The second kappa shape index (κ2) is 10.6. The zero-order chi connectivity index (χ0) is 23.3. The first-order valence-electron chi connectivity index (χ1n) is 10.0. The molecule has 0 fully saturated rings. The van der Waals surface area contributed by atoms with Gasteiger partial charge in [0.15, 0.2) is 12.4 Å². The molecule has 0 spiro atoms. The van der Waals surface area contributed by atoms with Gasteiger partial charge < -0.3 is 19.9 Å². The number of aryl methyl sites for hydroxylation is 2. The molecule has 1 aromatic carbocycles. The van der Waals surface area contributed by atoms with Gasteiger partial charge in [0.05, 0.1) is 9.26 Å². The maximum atomic E-state index is 12.2. The Morgan fingerprint density at radius 3 is 2.62 bits per heavy atom. The lowest BCUT2D eigenvalue weighted by molar-refractivity contribution is -0.123. The molecular formula is C21H25IN6O4. The number of carbonyl (C=O) groups excluding carboxylic acids is 2. The third-order valence-corrected chi connectivity index (χ3v) is 6.45. The van der Waals surface area contributed by atoms with Gasteiger partial charge in [-0.25, -0.2) is 0 Å². The fourth-order valence-electron chi connectivity index (χ4n) is 2.90. The summed E-state index contributed by atoms with van der Waals surface area (Å²) in [5.41, 5.74) is 4.01. The van der Waals surface area contributed by atoms with Gasteiger partial charge in [-0.15, -0.1) is 0 Å². The first-order chi connectivity index (χ1) is 15.3. The minimum absolute atomic E-state index is 0.101. The number of amides is 2. The fourth-order valence-corrected chi connectivity index (χ4v) is 3.29. The van der Waals surface area contributed by atoms with E-state index in [1.54, 1.807) is 4.68 Å². The van der Waals surface area contributed by atoms with Crippen LogP contribution in [0, 0.1) is 31.3 Å². The lowest BCUT2D eigenvalue weighted by atomic mass is 10.1. The lowest BCUT2D eigenvalue weighted by Gasteiger charge is -2.11. The average Bonchev–Trinajstić information content (AvgIpc) is 3.33. The highest BCUT2D eigenvalue weighted by molar-refractivity contribution is 14.1. The van der Waals surface area contributed by atoms with Crippen molar-refractivity contribution in [2.75, 3.05) is 19.7 Å². The maximum absolute atomic E-state index is 12.2. The molecule has 2 amide bonds. The van der Waals surface area contributed by atoms with Crippen LogP contribution in [-0.2, 0) is 11.3 Å². The second-order valence-electron chi connectivity index (χ2n) is 7.25. The van der Waals surface area contributed by atoms with Crippen LogP contribution in [0.4, 0.5) is 0 Å². The molecule has 170 valence electrons. The van der Waals surface area contributed by atoms with Crippen LogP contribution >= 0.6 is 22.6 Å². The van der Waals surface area contributed by atoms with Crippen molar-refractivity contribution in [2.24, 2.45) is 0 Å². The number of benzene rings is 1. The highest BCUT2D eigenvalue weighted by atomic mass is 127. The summed E-state index contributed by atoms with van der Waals surface area (Å²) in [5.74, 6) is 0.109. The first-order valence-corrected chi connectivity index (χ1v) is 11.1. The summed E-state index contributed by atoms with van der Waals surface area (Å²) >= 11 is 2.23. The van der Waals surface area contributed by atoms with Crippen molar-refractivity contribution in [3.05, 3.63) is 56.0 Å². The summed E-state index contributed by atoms with van der Waals surface area (Å²) in [4.78, 5) is 28.3. The summed E-state index contributed by atoms with van der Waals surface area (Å²) in [6.07, 6.45) is 0. The van der Waals surface area contributed by atoms with Crippen molar-refractivity contribution >= 4 is 34.4 Å². The fraction of sp³-hybridized carbons (Fsp3) is 0.381. The molecule has 0 aliphatic heterocycles. The molecule has 3 aromatic rings. The Hall–Kier alpha value is -2.96. The normalized spacial score (nSPS) is 10.8. The number of ether oxygens (including phenoxy) is 1. The van der Waals surface area contributed by atoms with Crippen LogP contribution < -0.4 is 15.4 Å². The van der Waals surface area contributed by atoms with Gasteiger partial charge in [-0.05, 0) is 67.5 Å². The summed E-state index contributed by atoms with van der Waals surface area (Å²) < 4.78 is 13.4. The Morgan fingerprint density at radius 1 is 1.16 bits per heavy atom. The zero-order valence-electron chi connectivity index (χ0n) is 18.4. The van der Waals surface area contributed by atoms with E-state index < -0.39 is 5.91 Å². The highest BCUT2D eigenvalue weighted by Gasteiger charge is 2.17. The molecule has 2 aromatic heterocycles. The molecule has 0 radical (unpaired) electrons. The minimum Gasteiger partial charge on any atom is -0.483 e. The maximum Gasteiger partial charge on any atom is 0.316 e. The van der Waals surface area contributed by atoms with Gasteiger partial charge in [-0.2, -0.15) is 10.1 Å². The van der Waals surface area contributed by atoms with Crippen molar-refractivity contribution in [3.63, 3.8) is 0 Å². The molecule has 0 aliphatic carbocycles. The van der Waals surface area contributed by atoms with E-state index in [2.05, 4.69) is 48.5 Å². The number of carbonyl (C=O) groups is 2. The van der Waals surface area contributed by atoms with Crippen molar-refractivity contribution in [1.82, 2.24) is 30.6 Å². The van der Waals surface area contributed by atoms with Crippen molar-refractivity contribution in [1.29, 1.82) is 0 Å². The monoisotopic (exact) mass is 552 g/mol. The summed E-state index contributed by atoms with van der Waals surface area (Å²) in [6.45, 7) is 8.47. The number of rotatable bonds is 9. The van der Waals surface area contributed by atoms with Crippen LogP contribution in [0.15, 0.2) is 22.7 Å². The summed E-state index contributed by atoms with van der Waals surface area (Å²) in [6, 6.07) is 5.69. The average molecular weight is 552 g/mol. The van der Waals surface area contributed by atoms with Gasteiger partial charge in [0.25, 0.3) is 5.91 Å². The van der Waals surface area contributed by atoms with Crippen LogP contribution in [0.3, 0.4) is 0 Å². The Bertz CT molecular complexity index is 1120. The molecule has 0 aliphatic rings. The molecule has 3 rings (SSSR count). The molecule has 2 heterocycles. The molecule has 32 heavy (non-hydrogen) atoms. The third kappa shape index (κ3) is 5.84. The quantitative estimate of drug-likeness (QED) is 0.308.